The van der Waals surface area contributed by atoms with Crippen LogP contribution in [0.2, 0.25) is 0 Å². The summed E-state index contributed by atoms with van der Waals surface area (Å²) in [5, 5.41) is 10.6. The lowest BCUT2D eigenvalue weighted by atomic mass is 9.48. The normalized spacial score (nSPS) is 44.1. The van der Waals surface area contributed by atoms with Crippen molar-refractivity contribution in [3.63, 3.8) is 0 Å². The number of carbonyl (C=O) groups is 3. The van der Waals surface area contributed by atoms with E-state index in [-0.39, 0.29) is 29.6 Å². The predicted molar refractivity (Wildman–Crippen MR) is 162 cm³/mol. The van der Waals surface area contributed by atoms with Crippen molar-refractivity contribution in [2.45, 2.75) is 161 Å². The van der Waals surface area contributed by atoms with E-state index < -0.39 is 22.0 Å². The number of ether oxygens (including phenoxy) is 3. The largest absolute Gasteiger partial charge is 0.459 e. The quantitative estimate of drug-likeness (QED) is 0.250. The molecule has 43 heavy (non-hydrogen) atoms. The first-order valence-corrected chi connectivity index (χ1v) is 17.5. The Kier molecular flexibility index (Phi) is 7.82. The molecule has 1 N–H and O–H groups in total. The molecule has 8 bridgehead atoms. The summed E-state index contributed by atoms with van der Waals surface area (Å²) in [6.45, 7) is 11.9. The maximum absolute atomic E-state index is 13.0. The molecule has 0 aromatic carbocycles. The molecule has 0 amide bonds. The van der Waals surface area contributed by atoms with Crippen molar-refractivity contribution in [3.8, 4) is 0 Å². The minimum atomic E-state index is -0.555. The molecule has 8 aliphatic carbocycles. The molecule has 3 atom stereocenters. The molecule has 9 rings (SSSR count). The average molecular weight is 601 g/mol. The van der Waals surface area contributed by atoms with E-state index in [1.807, 2.05) is 41.5 Å². The lowest BCUT2D eigenvalue weighted by molar-refractivity contribution is -0.247. The van der Waals surface area contributed by atoms with E-state index in [2.05, 4.69) is 0 Å². The van der Waals surface area contributed by atoms with Crippen molar-refractivity contribution in [1.82, 2.24) is 0 Å². The summed E-state index contributed by atoms with van der Waals surface area (Å²) in [6.07, 6.45) is 14.1. The van der Waals surface area contributed by atoms with Crippen LogP contribution in [0.1, 0.15) is 138 Å². The lowest BCUT2D eigenvalue weighted by Gasteiger charge is -2.61. The Morgan fingerprint density at radius 3 is 1.72 bits per heavy atom. The SMILES string of the molecule is CCC(C)(C)C(=O)OC1(C2CCC(=O)O2)C2CC3CC(C2)CC1C3.CCC(C)(C)C(=O)OC12CC3CC(CC(O)(C3)C1)C2. The first-order valence-electron chi connectivity index (χ1n) is 17.5. The van der Waals surface area contributed by atoms with Gasteiger partial charge < -0.3 is 19.3 Å². The molecule has 8 saturated carbocycles. The molecule has 7 heteroatoms. The van der Waals surface area contributed by atoms with Crippen LogP contribution < -0.4 is 0 Å². The van der Waals surface area contributed by atoms with E-state index in [1.165, 1.54) is 12.8 Å². The van der Waals surface area contributed by atoms with Gasteiger partial charge in [0.25, 0.3) is 0 Å². The van der Waals surface area contributed by atoms with E-state index >= 15 is 0 Å². The highest BCUT2D eigenvalue weighted by atomic mass is 16.6. The van der Waals surface area contributed by atoms with Crippen LogP contribution in [0.5, 0.6) is 0 Å². The third-order valence-corrected chi connectivity index (χ3v) is 13.2. The number of cyclic esters (lactones) is 1. The van der Waals surface area contributed by atoms with Crippen molar-refractivity contribution in [1.29, 1.82) is 0 Å². The molecule has 9 fully saturated rings. The fourth-order valence-electron chi connectivity index (χ4n) is 10.7. The minimum Gasteiger partial charge on any atom is -0.459 e. The molecule has 9 aliphatic rings. The fourth-order valence-corrected chi connectivity index (χ4v) is 10.7. The summed E-state index contributed by atoms with van der Waals surface area (Å²) >= 11 is 0. The van der Waals surface area contributed by atoms with E-state index in [9.17, 15) is 19.5 Å². The van der Waals surface area contributed by atoms with Crippen LogP contribution in [0, 0.1) is 46.3 Å². The van der Waals surface area contributed by atoms with E-state index in [0.717, 1.165) is 76.0 Å². The maximum atomic E-state index is 13.0. The first kappa shape index (κ1) is 31.4. The third kappa shape index (κ3) is 5.56. The molecule has 242 valence electrons. The maximum Gasteiger partial charge on any atom is 0.312 e. The molecule has 0 spiro atoms. The van der Waals surface area contributed by atoms with Gasteiger partial charge in [0.2, 0.25) is 0 Å². The Balaban J connectivity index is 0.000000157. The molecule has 3 unspecified atom stereocenters. The second-order valence-electron chi connectivity index (χ2n) is 17.3. The molecule has 1 aliphatic heterocycles. The van der Waals surface area contributed by atoms with E-state index in [0.29, 0.717) is 42.9 Å². The van der Waals surface area contributed by atoms with Crippen LogP contribution >= 0.6 is 0 Å². The number of carbonyl (C=O) groups excluding carboxylic acids is 3. The van der Waals surface area contributed by atoms with Crippen LogP contribution in [-0.2, 0) is 28.6 Å². The Morgan fingerprint density at radius 1 is 0.791 bits per heavy atom. The second-order valence-corrected chi connectivity index (χ2v) is 17.3. The van der Waals surface area contributed by atoms with Gasteiger partial charge in [0.1, 0.15) is 11.7 Å². The Labute approximate surface area is 258 Å². The Bertz CT molecular complexity index is 1080. The van der Waals surface area contributed by atoms with Gasteiger partial charge in [0.05, 0.1) is 16.4 Å². The highest BCUT2D eigenvalue weighted by molar-refractivity contribution is 5.77. The molecule has 0 aromatic heterocycles. The first-order chi connectivity index (χ1) is 20.1. The van der Waals surface area contributed by atoms with Crippen LogP contribution in [0.4, 0.5) is 0 Å². The summed E-state index contributed by atoms with van der Waals surface area (Å²) in [5.41, 5.74) is -2.36. The number of hydrogen-bond donors (Lipinski definition) is 1. The van der Waals surface area contributed by atoms with Gasteiger partial charge >= 0.3 is 17.9 Å². The summed E-state index contributed by atoms with van der Waals surface area (Å²) < 4.78 is 18.1. The third-order valence-electron chi connectivity index (χ3n) is 13.2. The Hall–Kier alpha value is -1.63. The number of esters is 3. The Morgan fingerprint density at radius 2 is 1.28 bits per heavy atom. The summed E-state index contributed by atoms with van der Waals surface area (Å²) in [5.74, 6) is 3.13. The molecule has 7 nitrogen and oxygen atoms in total. The standard InChI is InChI=1S/C20H30O4.C16H26O3/c1-4-19(2,3)18(22)24-20(16-5-6-17(21)23-16)14-8-12-7-13(10-14)11-15(20)9-12;1-4-14(2,3)13(17)19-16-8-11-5-12(9-16)7-15(18,6-11)10-16/h12-16H,4-11H2,1-3H3;11-12,18H,4-10H2,1-3H3. The summed E-state index contributed by atoms with van der Waals surface area (Å²) in [4.78, 5) is 37.2. The summed E-state index contributed by atoms with van der Waals surface area (Å²) in [7, 11) is 0. The highest BCUT2D eigenvalue weighted by Gasteiger charge is 2.65. The van der Waals surface area contributed by atoms with Crippen LogP contribution in [0.25, 0.3) is 0 Å². The molecule has 0 aromatic rings. The van der Waals surface area contributed by atoms with Crippen molar-refractivity contribution in [2.75, 3.05) is 0 Å². The zero-order chi connectivity index (χ0) is 31.0. The monoisotopic (exact) mass is 600 g/mol. The molecule has 1 heterocycles. The zero-order valence-corrected chi connectivity index (χ0v) is 27.5. The molecule has 0 radical (unpaired) electrons. The van der Waals surface area contributed by atoms with Crippen LogP contribution in [-0.4, -0.2) is 45.9 Å². The molecular formula is C36H56O7. The van der Waals surface area contributed by atoms with E-state index in [4.69, 9.17) is 14.2 Å². The van der Waals surface area contributed by atoms with Gasteiger partial charge in [-0.3, -0.25) is 14.4 Å². The number of rotatable bonds is 7. The van der Waals surface area contributed by atoms with Crippen molar-refractivity contribution >= 4 is 17.9 Å². The van der Waals surface area contributed by atoms with Gasteiger partial charge in [-0.2, -0.15) is 0 Å². The fraction of sp³-hybridized carbons (Fsp3) is 0.917. The van der Waals surface area contributed by atoms with Gasteiger partial charge in [0, 0.05) is 24.7 Å². The van der Waals surface area contributed by atoms with E-state index in [1.54, 1.807) is 0 Å². The van der Waals surface area contributed by atoms with Crippen LogP contribution in [0.3, 0.4) is 0 Å². The van der Waals surface area contributed by atoms with Gasteiger partial charge in [-0.15, -0.1) is 0 Å². The lowest BCUT2D eigenvalue weighted by Crippen LogP contribution is -2.65. The minimum absolute atomic E-state index is 0.0828. The van der Waals surface area contributed by atoms with Gasteiger partial charge in [-0.05, 0) is 135 Å². The van der Waals surface area contributed by atoms with Crippen molar-refractivity contribution in [3.05, 3.63) is 0 Å². The second kappa shape index (κ2) is 10.7. The topological polar surface area (TPSA) is 99.1 Å². The molecular weight excluding hydrogens is 544 g/mol. The van der Waals surface area contributed by atoms with Crippen molar-refractivity contribution < 1.29 is 33.7 Å². The number of hydrogen-bond acceptors (Lipinski definition) is 7. The van der Waals surface area contributed by atoms with Crippen LogP contribution in [0.15, 0.2) is 0 Å². The molecule has 1 saturated heterocycles. The number of aliphatic hydroxyl groups is 1. The van der Waals surface area contributed by atoms with Gasteiger partial charge in [0.15, 0.2) is 5.60 Å². The highest BCUT2D eigenvalue weighted by Crippen LogP contribution is 2.62. The van der Waals surface area contributed by atoms with Gasteiger partial charge in [-0.25, -0.2) is 0 Å². The average Bonchev–Trinajstić information content (AvgIpc) is 3.35. The zero-order valence-electron chi connectivity index (χ0n) is 27.5. The van der Waals surface area contributed by atoms with Crippen molar-refractivity contribution in [2.24, 2.45) is 46.3 Å². The summed E-state index contributed by atoms with van der Waals surface area (Å²) in [6, 6.07) is 0. The predicted octanol–water partition coefficient (Wildman–Crippen LogP) is 6.92. The smallest absolute Gasteiger partial charge is 0.312 e. The van der Waals surface area contributed by atoms with Gasteiger partial charge in [-0.1, -0.05) is 13.8 Å².